The predicted octanol–water partition coefficient (Wildman–Crippen LogP) is 3.71. The predicted molar refractivity (Wildman–Crippen MR) is 98.5 cm³/mol. The Morgan fingerprint density at radius 3 is 2.38 bits per heavy atom. The molecule has 2 rings (SSSR count). The van der Waals surface area contributed by atoms with Crippen LogP contribution in [-0.2, 0) is 23.1 Å². The summed E-state index contributed by atoms with van der Waals surface area (Å²) in [4.78, 5) is 0.304. The van der Waals surface area contributed by atoms with Gasteiger partial charge in [0.05, 0.1) is 4.90 Å². The second kappa shape index (κ2) is 7.66. The quantitative estimate of drug-likeness (QED) is 0.819. The van der Waals surface area contributed by atoms with Crippen molar-refractivity contribution in [2.75, 3.05) is 0 Å². The monoisotopic (exact) mass is 366 g/mol. The number of hydrogen-bond acceptors (Lipinski definition) is 3. The maximum absolute atomic E-state index is 12.6. The molecule has 0 aliphatic heterocycles. The molecule has 130 valence electrons. The highest BCUT2D eigenvalue weighted by atomic mass is 35.5. The molecule has 0 amide bonds. The van der Waals surface area contributed by atoms with Crippen molar-refractivity contribution in [3.63, 3.8) is 0 Å². The van der Waals surface area contributed by atoms with E-state index in [4.69, 9.17) is 11.6 Å². The zero-order chi connectivity index (χ0) is 17.8. The molecule has 2 aromatic rings. The topological polar surface area (TPSA) is 58.2 Å². The van der Waals surface area contributed by atoms with Crippen molar-refractivity contribution in [1.29, 1.82) is 0 Å². The molecule has 0 radical (unpaired) electrons. The molecule has 0 unspecified atom stereocenters. The van der Waals surface area contributed by atoms with Crippen molar-refractivity contribution in [2.45, 2.75) is 44.3 Å². The van der Waals surface area contributed by atoms with Crippen LogP contribution in [0.15, 0.2) is 53.4 Å². The van der Waals surface area contributed by atoms with E-state index in [2.05, 4.69) is 10.0 Å². The van der Waals surface area contributed by atoms with Gasteiger partial charge in [0, 0.05) is 23.7 Å². The third kappa shape index (κ3) is 5.60. The van der Waals surface area contributed by atoms with Crippen molar-refractivity contribution >= 4 is 21.6 Å². The van der Waals surface area contributed by atoms with Gasteiger partial charge in [-0.3, -0.25) is 0 Å². The maximum Gasteiger partial charge on any atom is 0.241 e. The normalized spacial score (nSPS) is 12.3. The third-order valence-electron chi connectivity index (χ3n) is 3.24. The fourth-order valence-electron chi connectivity index (χ4n) is 2.36. The third-order valence-corrected chi connectivity index (χ3v) is 5.33. The Morgan fingerprint density at radius 1 is 1.00 bits per heavy atom. The van der Waals surface area contributed by atoms with E-state index >= 15 is 0 Å². The van der Waals surface area contributed by atoms with Crippen LogP contribution in [0.4, 0.5) is 0 Å². The molecular weight excluding hydrogens is 344 g/mol. The highest BCUT2D eigenvalue weighted by Crippen LogP contribution is 2.18. The van der Waals surface area contributed by atoms with Crippen LogP contribution in [0.2, 0.25) is 5.02 Å². The Morgan fingerprint density at radius 2 is 1.71 bits per heavy atom. The minimum absolute atomic E-state index is 0.304. The number of hydrogen-bond donors (Lipinski definition) is 2. The van der Waals surface area contributed by atoms with Crippen molar-refractivity contribution in [3.05, 3.63) is 64.7 Å². The second-order valence-corrected chi connectivity index (χ2v) is 8.78. The van der Waals surface area contributed by atoms with E-state index in [-0.39, 0.29) is 0 Å². The Balaban J connectivity index is 2.12. The molecule has 0 saturated carbocycles. The van der Waals surface area contributed by atoms with Crippen LogP contribution < -0.4 is 10.0 Å². The first kappa shape index (κ1) is 18.9. The first-order chi connectivity index (χ1) is 11.2. The first-order valence-corrected chi connectivity index (χ1v) is 9.60. The van der Waals surface area contributed by atoms with Gasteiger partial charge in [-0.25, -0.2) is 13.1 Å². The van der Waals surface area contributed by atoms with Gasteiger partial charge in [0.25, 0.3) is 0 Å². The first-order valence-electron chi connectivity index (χ1n) is 7.74. The summed E-state index contributed by atoms with van der Waals surface area (Å²) in [5.74, 6) is 0. The summed E-state index contributed by atoms with van der Waals surface area (Å²) >= 11 is 5.97. The van der Waals surface area contributed by atoms with Crippen LogP contribution in [-0.4, -0.2) is 14.0 Å². The van der Waals surface area contributed by atoms with Crippen LogP contribution >= 0.6 is 11.6 Å². The van der Waals surface area contributed by atoms with Gasteiger partial charge in [0.15, 0.2) is 0 Å². The Kier molecular flexibility index (Phi) is 6.04. The largest absolute Gasteiger partial charge is 0.309 e. The smallest absolute Gasteiger partial charge is 0.241 e. The van der Waals surface area contributed by atoms with E-state index in [0.29, 0.717) is 23.0 Å². The molecule has 6 heteroatoms. The molecule has 0 spiro atoms. The lowest BCUT2D eigenvalue weighted by Crippen LogP contribution is -2.40. The zero-order valence-corrected chi connectivity index (χ0v) is 15.7. The summed E-state index contributed by atoms with van der Waals surface area (Å²) in [7, 11) is -3.56. The molecule has 0 atom stereocenters. The van der Waals surface area contributed by atoms with Crippen LogP contribution in [0.1, 0.15) is 31.9 Å². The summed E-state index contributed by atoms with van der Waals surface area (Å²) in [6, 6.07) is 14.6. The summed E-state index contributed by atoms with van der Waals surface area (Å²) < 4.78 is 27.9. The average Bonchev–Trinajstić information content (AvgIpc) is 2.45. The van der Waals surface area contributed by atoms with Gasteiger partial charge in [0.2, 0.25) is 10.0 Å². The van der Waals surface area contributed by atoms with E-state index in [1.165, 1.54) is 0 Å². The molecule has 0 aromatic heterocycles. The number of sulfonamides is 1. The minimum Gasteiger partial charge on any atom is -0.309 e. The number of benzene rings is 2. The number of halogens is 1. The Hall–Kier alpha value is -1.40. The van der Waals surface area contributed by atoms with E-state index < -0.39 is 15.6 Å². The van der Waals surface area contributed by atoms with E-state index in [9.17, 15) is 8.42 Å². The molecule has 24 heavy (non-hydrogen) atoms. The van der Waals surface area contributed by atoms with Crippen molar-refractivity contribution < 1.29 is 8.42 Å². The second-order valence-electron chi connectivity index (χ2n) is 6.70. The lowest BCUT2D eigenvalue weighted by Gasteiger charge is -2.21. The Labute approximate surface area is 149 Å². The van der Waals surface area contributed by atoms with Gasteiger partial charge in [-0.2, -0.15) is 0 Å². The molecule has 0 heterocycles. The zero-order valence-electron chi connectivity index (χ0n) is 14.1. The van der Waals surface area contributed by atoms with Crippen molar-refractivity contribution in [1.82, 2.24) is 10.0 Å². The highest BCUT2D eigenvalue weighted by Gasteiger charge is 2.23. The molecule has 0 aliphatic rings. The SMILES string of the molecule is CC(C)(C)NS(=O)(=O)c1ccccc1CNCc1cccc(Cl)c1. The fourth-order valence-corrected chi connectivity index (χ4v) is 4.23. The van der Waals surface area contributed by atoms with Gasteiger partial charge in [-0.1, -0.05) is 41.9 Å². The van der Waals surface area contributed by atoms with Gasteiger partial charge >= 0.3 is 0 Å². The van der Waals surface area contributed by atoms with Crippen molar-refractivity contribution in [3.8, 4) is 0 Å². The molecule has 0 saturated heterocycles. The molecule has 4 nitrogen and oxygen atoms in total. The number of rotatable bonds is 6. The summed E-state index contributed by atoms with van der Waals surface area (Å²) in [6.07, 6.45) is 0. The average molecular weight is 367 g/mol. The fraction of sp³-hybridized carbons (Fsp3) is 0.333. The van der Waals surface area contributed by atoms with E-state index in [1.807, 2.05) is 57.2 Å². The summed E-state index contributed by atoms with van der Waals surface area (Å²) in [5.41, 5.74) is 1.26. The minimum atomic E-state index is -3.56. The van der Waals surface area contributed by atoms with Gasteiger partial charge < -0.3 is 5.32 Å². The lowest BCUT2D eigenvalue weighted by molar-refractivity contribution is 0.490. The standard InChI is InChI=1S/C18H23ClN2O2S/c1-18(2,3)21-24(22,23)17-10-5-4-8-15(17)13-20-12-14-7-6-9-16(19)11-14/h4-11,20-21H,12-13H2,1-3H3. The van der Waals surface area contributed by atoms with E-state index in [1.54, 1.807) is 12.1 Å². The van der Waals surface area contributed by atoms with Gasteiger partial charge in [-0.05, 0) is 50.1 Å². The maximum atomic E-state index is 12.6. The van der Waals surface area contributed by atoms with Crippen LogP contribution in [0, 0.1) is 0 Å². The molecule has 0 fully saturated rings. The number of nitrogens with one attached hydrogen (secondary N) is 2. The van der Waals surface area contributed by atoms with Gasteiger partial charge in [-0.15, -0.1) is 0 Å². The summed E-state index contributed by atoms with van der Waals surface area (Å²) in [5, 5.41) is 3.96. The Bertz CT molecular complexity index is 799. The van der Waals surface area contributed by atoms with Gasteiger partial charge in [0.1, 0.15) is 0 Å². The van der Waals surface area contributed by atoms with Crippen LogP contribution in [0.5, 0.6) is 0 Å². The summed E-state index contributed by atoms with van der Waals surface area (Å²) in [6.45, 7) is 6.54. The van der Waals surface area contributed by atoms with Crippen molar-refractivity contribution in [2.24, 2.45) is 0 Å². The van der Waals surface area contributed by atoms with Crippen LogP contribution in [0.25, 0.3) is 0 Å². The van der Waals surface area contributed by atoms with Crippen LogP contribution in [0.3, 0.4) is 0 Å². The van der Waals surface area contributed by atoms with E-state index in [0.717, 1.165) is 11.1 Å². The lowest BCUT2D eigenvalue weighted by atomic mass is 10.1. The molecule has 0 bridgehead atoms. The molecule has 2 aromatic carbocycles. The molecule has 2 N–H and O–H groups in total. The molecular formula is C18H23ClN2O2S. The highest BCUT2D eigenvalue weighted by molar-refractivity contribution is 7.89. The molecule has 0 aliphatic carbocycles.